The summed E-state index contributed by atoms with van der Waals surface area (Å²) in [5.41, 5.74) is 21.3. The first-order chi connectivity index (χ1) is 22.5. The smallest absolute Gasteiger partial charge is 0.328 e. The summed E-state index contributed by atoms with van der Waals surface area (Å²) in [5.74, 6) is -5.81. The summed E-state index contributed by atoms with van der Waals surface area (Å²) in [7, 11) is 0. The summed E-state index contributed by atoms with van der Waals surface area (Å²) in [6.45, 7) is 2.62. The molecule has 272 valence electrons. The number of carbonyl (C=O) groups is 6. The van der Waals surface area contributed by atoms with Gasteiger partial charge >= 0.3 is 5.97 Å². The van der Waals surface area contributed by atoms with E-state index in [0.717, 1.165) is 13.3 Å². The third-order valence-corrected chi connectivity index (χ3v) is 7.08. The number of carboxylic acids is 1. The van der Waals surface area contributed by atoms with Gasteiger partial charge in [-0.1, -0.05) is 0 Å². The molecule has 1 fully saturated rings. The normalized spacial score (nSPS) is 17.6. The van der Waals surface area contributed by atoms with Crippen molar-refractivity contribution in [2.75, 3.05) is 26.2 Å². The van der Waals surface area contributed by atoms with Crippen molar-refractivity contribution in [3.8, 4) is 0 Å². The average molecular weight is 687 g/mol. The van der Waals surface area contributed by atoms with Crippen LogP contribution in [-0.2, 0) is 28.8 Å². The number of carbonyl (C=O) groups excluding carboxylic acids is 5. The Morgan fingerprint density at radius 2 is 1.31 bits per heavy atom. The zero-order valence-electron chi connectivity index (χ0n) is 27.1. The molecule has 0 aromatic heterocycles. The van der Waals surface area contributed by atoms with Crippen molar-refractivity contribution in [3.05, 3.63) is 0 Å². The number of aliphatic hydroxyl groups is 2. The van der Waals surface area contributed by atoms with Gasteiger partial charge in [0.25, 0.3) is 0 Å². The molecule has 1 aliphatic heterocycles. The first-order valence-electron chi connectivity index (χ1n) is 15.4. The van der Waals surface area contributed by atoms with E-state index in [1.165, 1.54) is 6.92 Å². The Balaban J connectivity index is 2.94. The SMILES string of the molecule is C[C@@H](O)[C@H](NC(=O)[C@H](CCCN=C(N)N)NC(=O)[C@@H](NC(=O)CNC(=O)[C@H](CCCN=C(N)N)NC(=O)[C@@H]1CCCN1)[C@@H](C)O)C(=O)O. The van der Waals surface area contributed by atoms with Gasteiger partial charge in [-0.15, -0.1) is 0 Å². The van der Waals surface area contributed by atoms with E-state index >= 15 is 0 Å². The summed E-state index contributed by atoms with van der Waals surface area (Å²) in [5, 5.41) is 44.2. The number of hydrogen-bond donors (Lipinski definition) is 13. The topological polar surface area (TPSA) is 364 Å². The van der Waals surface area contributed by atoms with E-state index in [9.17, 15) is 44.1 Å². The first-order valence-corrected chi connectivity index (χ1v) is 15.4. The third-order valence-electron chi connectivity index (χ3n) is 7.08. The van der Waals surface area contributed by atoms with Crippen molar-refractivity contribution in [2.24, 2.45) is 32.9 Å². The number of aliphatic imine (C=N–C) groups is 2. The van der Waals surface area contributed by atoms with Crippen LogP contribution in [0.2, 0.25) is 0 Å². The Kier molecular flexibility index (Phi) is 18.2. The molecule has 1 aliphatic rings. The molecule has 0 spiro atoms. The molecule has 0 saturated carbocycles. The Labute approximate surface area is 277 Å². The molecule has 17 N–H and O–H groups in total. The Bertz CT molecular complexity index is 1170. The summed E-state index contributed by atoms with van der Waals surface area (Å²) in [6.07, 6.45) is -1.04. The maximum absolute atomic E-state index is 13.1. The zero-order chi connectivity index (χ0) is 36.4. The zero-order valence-corrected chi connectivity index (χ0v) is 27.1. The number of carboxylic acid groups (broad SMARTS) is 1. The molecule has 1 saturated heterocycles. The van der Waals surface area contributed by atoms with Crippen LogP contribution in [0, 0.1) is 0 Å². The quantitative estimate of drug-likeness (QED) is 0.0303. The fourth-order valence-corrected chi connectivity index (χ4v) is 4.55. The molecule has 0 radical (unpaired) electrons. The summed E-state index contributed by atoms with van der Waals surface area (Å²) in [4.78, 5) is 83.6. The highest BCUT2D eigenvalue weighted by Crippen LogP contribution is 2.07. The maximum atomic E-state index is 13.1. The molecule has 21 heteroatoms. The molecular formula is C27H50N12O9. The van der Waals surface area contributed by atoms with Gasteiger partial charge in [0.1, 0.15) is 18.1 Å². The van der Waals surface area contributed by atoms with Crippen molar-refractivity contribution < 1.29 is 44.1 Å². The minimum absolute atomic E-state index is 0.0594. The van der Waals surface area contributed by atoms with Gasteiger partial charge in [-0.3, -0.25) is 34.0 Å². The van der Waals surface area contributed by atoms with Crippen LogP contribution in [0.1, 0.15) is 52.4 Å². The van der Waals surface area contributed by atoms with Crippen molar-refractivity contribution in [1.29, 1.82) is 0 Å². The van der Waals surface area contributed by atoms with E-state index < -0.39 is 78.6 Å². The molecule has 1 heterocycles. The number of rotatable bonds is 21. The van der Waals surface area contributed by atoms with Gasteiger partial charge in [0, 0.05) is 13.1 Å². The molecule has 48 heavy (non-hydrogen) atoms. The summed E-state index contributed by atoms with van der Waals surface area (Å²) in [6, 6.07) is -6.20. The maximum Gasteiger partial charge on any atom is 0.328 e. The van der Waals surface area contributed by atoms with Gasteiger partial charge < -0.3 is 70.2 Å². The van der Waals surface area contributed by atoms with Crippen molar-refractivity contribution in [3.63, 3.8) is 0 Å². The fraction of sp³-hybridized carbons (Fsp3) is 0.704. The number of nitrogens with zero attached hydrogens (tertiary/aromatic N) is 2. The van der Waals surface area contributed by atoms with E-state index in [-0.39, 0.29) is 50.2 Å². The highest BCUT2D eigenvalue weighted by Gasteiger charge is 2.33. The number of guanidine groups is 2. The minimum Gasteiger partial charge on any atom is -0.480 e. The Morgan fingerprint density at radius 3 is 1.77 bits per heavy atom. The number of hydrogen-bond acceptors (Lipinski definition) is 11. The largest absolute Gasteiger partial charge is 0.480 e. The molecular weight excluding hydrogens is 636 g/mol. The highest BCUT2D eigenvalue weighted by atomic mass is 16.4. The molecule has 5 amide bonds. The van der Waals surface area contributed by atoms with E-state index in [1.807, 2.05) is 0 Å². The monoisotopic (exact) mass is 686 g/mol. The van der Waals surface area contributed by atoms with E-state index in [0.29, 0.717) is 19.4 Å². The predicted octanol–water partition coefficient (Wildman–Crippen LogP) is -6.25. The minimum atomic E-state index is -1.69. The number of nitrogens with one attached hydrogen (secondary N) is 6. The number of aliphatic hydroxyl groups excluding tert-OH is 2. The second-order valence-electron chi connectivity index (χ2n) is 11.2. The van der Waals surface area contributed by atoms with Gasteiger partial charge in [0.15, 0.2) is 18.0 Å². The number of aliphatic carboxylic acids is 1. The lowest BCUT2D eigenvalue weighted by Gasteiger charge is -2.26. The number of amides is 5. The van der Waals surface area contributed by atoms with Gasteiger partial charge in [0.2, 0.25) is 29.5 Å². The molecule has 0 aliphatic carbocycles. The third kappa shape index (κ3) is 15.7. The van der Waals surface area contributed by atoms with Gasteiger partial charge in [-0.2, -0.15) is 0 Å². The fourth-order valence-electron chi connectivity index (χ4n) is 4.55. The van der Waals surface area contributed by atoms with Crippen LogP contribution in [-0.4, -0.2) is 131 Å². The molecule has 0 aromatic rings. The second-order valence-corrected chi connectivity index (χ2v) is 11.2. The van der Waals surface area contributed by atoms with E-state index in [4.69, 9.17) is 22.9 Å². The van der Waals surface area contributed by atoms with Crippen molar-refractivity contribution in [1.82, 2.24) is 31.9 Å². The summed E-state index contributed by atoms with van der Waals surface area (Å²) < 4.78 is 0. The number of nitrogens with two attached hydrogens (primary N) is 4. The van der Waals surface area contributed by atoms with Crippen LogP contribution in [0.5, 0.6) is 0 Å². The molecule has 0 aromatic carbocycles. The average Bonchev–Trinajstić information content (AvgIpc) is 3.54. The van der Waals surface area contributed by atoms with E-state index in [2.05, 4.69) is 41.9 Å². The molecule has 1 rings (SSSR count). The molecule has 0 bridgehead atoms. The van der Waals surface area contributed by atoms with Crippen molar-refractivity contribution in [2.45, 2.75) is 94.8 Å². The predicted molar refractivity (Wildman–Crippen MR) is 173 cm³/mol. The van der Waals surface area contributed by atoms with Crippen molar-refractivity contribution >= 4 is 47.4 Å². The van der Waals surface area contributed by atoms with Crippen LogP contribution in [0.25, 0.3) is 0 Å². The lowest BCUT2D eigenvalue weighted by atomic mass is 10.1. The lowest BCUT2D eigenvalue weighted by Crippen LogP contribution is -2.60. The van der Waals surface area contributed by atoms with Crippen LogP contribution in [0.15, 0.2) is 9.98 Å². The Morgan fingerprint density at radius 1 is 0.771 bits per heavy atom. The summed E-state index contributed by atoms with van der Waals surface area (Å²) >= 11 is 0. The lowest BCUT2D eigenvalue weighted by molar-refractivity contribution is -0.145. The molecule has 0 unspecified atom stereocenters. The van der Waals surface area contributed by atoms with Gasteiger partial charge in [0.05, 0.1) is 24.8 Å². The molecule has 7 atom stereocenters. The van der Waals surface area contributed by atoms with Crippen LogP contribution < -0.4 is 54.8 Å². The van der Waals surface area contributed by atoms with Gasteiger partial charge in [-0.05, 0) is 58.9 Å². The van der Waals surface area contributed by atoms with Gasteiger partial charge in [-0.25, -0.2) is 4.79 Å². The van der Waals surface area contributed by atoms with Crippen LogP contribution in [0.4, 0.5) is 0 Å². The standard InChI is InChI=1S/C27H50N12O9/c1-13(40)19(24(46)37-17(8-5-11-34-27(30)31)23(45)39-20(14(2)41)25(47)48)38-18(42)12-35-21(43)16(7-4-10-33-26(28)29)36-22(44)15-6-3-9-32-15/h13-17,19-20,32,40-41H,3-12H2,1-2H3,(H,35,43)(H,36,44)(H,37,46)(H,38,42)(H,39,45)(H,47,48)(H4,28,29,33)(H4,30,31,34)/t13-,14-,15+,16+,17+,19+,20+/m1/s1. The van der Waals surface area contributed by atoms with Crippen LogP contribution >= 0.6 is 0 Å². The molecule has 21 nitrogen and oxygen atoms in total. The Hall–Kier alpha value is -4.76. The second kappa shape index (κ2) is 21.2. The first kappa shape index (κ1) is 41.3. The van der Waals surface area contributed by atoms with Crippen LogP contribution in [0.3, 0.4) is 0 Å². The van der Waals surface area contributed by atoms with E-state index in [1.54, 1.807) is 0 Å². The highest BCUT2D eigenvalue weighted by molar-refractivity contribution is 5.95.